The van der Waals surface area contributed by atoms with E-state index in [-0.39, 0.29) is 30.8 Å². The fourth-order valence-electron chi connectivity index (χ4n) is 4.83. The Bertz CT molecular complexity index is 672. The van der Waals surface area contributed by atoms with E-state index in [2.05, 4.69) is 26.7 Å². The highest BCUT2D eigenvalue weighted by Gasteiger charge is 2.32. The molecule has 3 aliphatic rings. The van der Waals surface area contributed by atoms with Crippen molar-refractivity contribution in [2.24, 2.45) is 0 Å². The van der Waals surface area contributed by atoms with E-state index >= 15 is 0 Å². The highest BCUT2D eigenvalue weighted by atomic mass is 16.5. The summed E-state index contributed by atoms with van der Waals surface area (Å²) < 4.78 is 13.3. The second-order valence-electron chi connectivity index (χ2n) is 8.80. The summed E-state index contributed by atoms with van der Waals surface area (Å²) in [7, 11) is 0. The van der Waals surface area contributed by atoms with Crippen LogP contribution in [-0.2, 0) is 20.8 Å². The number of hydrogen-bond donors (Lipinski definition) is 2. The van der Waals surface area contributed by atoms with Crippen molar-refractivity contribution in [3.8, 4) is 0 Å². The zero-order valence-corrected chi connectivity index (χ0v) is 17.7. The van der Waals surface area contributed by atoms with Crippen LogP contribution in [0.5, 0.6) is 0 Å². The molecule has 0 bridgehead atoms. The predicted molar refractivity (Wildman–Crippen MR) is 110 cm³/mol. The van der Waals surface area contributed by atoms with E-state index in [4.69, 9.17) is 9.47 Å². The molecule has 0 spiro atoms. The molecule has 9 nitrogen and oxygen atoms in total. The largest absolute Gasteiger partial charge is 0.394 e. The third-order valence-electron chi connectivity index (χ3n) is 6.62. The number of aliphatic hydroxyl groups excluding tert-OH is 1. The maximum atomic E-state index is 12.4. The molecule has 1 aromatic heterocycles. The number of rotatable bonds is 8. The van der Waals surface area contributed by atoms with Gasteiger partial charge in [0.1, 0.15) is 6.10 Å². The molecule has 1 saturated carbocycles. The highest BCUT2D eigenvalue weighted by molar-refractivity contribution is 5.78. The van der Waals surface area contributed by atoms with Gasteiger partial charge in [0.05, 0.1) is 44.2 Å². The number of aromatic nitrogens is 3. The SMILES string of the molecule is O=C(CN1CCOCC1)N[C@H]1CC[C@@H](CCn2cc(C3CCCC3)nn2)O[C@@H]1CO. The smallest absolute Gasteiger partial charge is 0.234 e. The van der Waals surface area contributed by atoms with Gasteiger partial charge in [-0.15, -0.1) is 5.10 Å². The van der Waals surface area contributed by atoms with E-state index < -0.39 is 0 Å². The van der Waals surface area contributed by atoms with Gasteiger partial charge in [0.25, 0.3) is 0 Å². The van der Waals surface area contributed by atoms with Crippen molar-refractivity contribution in [2.75, 3.05) is 39.5 Å². The molecule has 1 aromatic rings. The van der Waals surface area contributed by atoms with Crippen molar-refractivity contribution in [3.05, 3.63) is 11.9 Å². The summed E-state index contributed by atoms with van der Waals surface area (Å²) in [6.07, 6.45) is 9.33. The molecule has 1 aliphatic carbocycles. The molecule has 168 valence electrons. The van der Waals surface area contributed by atoms with E-state index in [1.807, 2.05) is 4.68 Å². The van der Waals surface area contributed by atoms with E-state index in [1.165, 1.54) is 25.7 Å². The number of amides is 1. The van der Waals surface area contributed by atoms with E-state index in [0.717, 1.165) is 44.6 Å². The quantitative estimate of drug-likeness (QED) is 0.636. The van der Waals surface area contributed by atoms with Crippen LogP contribution in [0.25, 0.3) is 0 Å². The second kappa shape index (κ2) is 10.7. The molecule has 1 amide bonds. The van der Waals surface area contributed by atoms with Crippen LogP contribution in [0.15, 0.2) is 6.20 Å². The minimum atomic E-state index is -0.359. The number of carbonyl (C=O) groups excluding carboxylic acids is 1. The van der Waals surface area contributed by atoms with Gasteiger partial charge in [0.2, 0.25) is 5.91 Å². The molecule has 9 heteroatoms. The van der Waals surface area contributed by atoms with E-state index in [0.29, 0.717) is 25.7 Å². The van der Waals surface area contributed by atoms with Gasteiger partial charge in [0, 0.05) is 31.7 Å². The predicted octanol–water partition coefficient (Wildman–Crippen LogP) is 0.683. The first-order chi connectivity index (χ1) is 14.7. The molecule has 0 radical (unpaired) electrons. The summed E-state index contributed by atoms with van der Waals surface area (Å²) >= 11 is 0. The Morgan fingerprint density at radius 1 is 1.20 bits per heavy atom. The number of nitrogens with zero attached hydrogens (tertiary/aromatic N) is 4. The number of hydrogen-bond acceptors (Lipinski definition) is 7. The van der Waals surface area contributed by atoms with Crippen molar-refractivity contribution in [2.45, 2.75) is 75.7 Å². The molecule has 0 aromatic carbocycles. The number of aliphatic hydroxyl groups is 1. The molecule has 30 heavy (non-hydrogen) atoms. The van der Waals surface area contributed by atoms with Crippen molar-refractivity contribution < 1.29 is 19.4 Å². The van der Waals surface area contributed by atoms with Crippen molar-refractivity contribution >= 4 is 5.91 Å². The first-order valence-electron chi connectivity index (χ1n) is 11.5. The molecule has 2 N–H and O–H groups in total. The van der Waals surface area contributed by atoms with Crippen LogP contribution in [0.1, 0.15) is 56.6 Å². The summed E-state index contributed by atoms with van der Waals surface area (Å²) in [6, 6.07) is -0.139. The number of morpholine rings is 1. The van der Waals surface area contributed by atoms with Gasteiger partial charge in [0.15, 0.2) is 0 Å². The zero-order chi connectivity index (χ0) is 20.8. The molecular formula is C21H35N5O4. The Kier molecular flexibility index (Phi) is 7.70. The van der Waals surface area contributed by atoms with Gasteiger partial charge in [-0.1, -0.05) is 18.1 Å². The fourth-order valence-corrected chi connectivity index (χ4v) is 4.83. The average molecular weight is 422 g/mol. The van der Waals surface area contributed by atoms with Gasteiger partial charge in [-0.05, 0) is 32.1 Å². The first-order valence-corrected chi connectivity index (χ1v) is 11.5. The van der Waals surface area contributed by atoms with Crippen LogP contribution in [0.4, 0.5) is 0 Å². The van der Waals surface area contributed by atoms with E-state index in [9.17, 15) is 9.90 Å². The lowest BCUT2D eigenvalue weighted by Crippen LogP contribution is -2.53. The normalized spacial score (nSPS) is 28.6. The third kappa shape index (κ3) is 5.78. The van der Waals surface area contributed by atoms with Crippen molar-refractivity contribution in [3.63, 3.8) is 0 Å². The molecule has 0 unspecified atom stereocenters. The number of carbonyl (C=O) groups is 1. The maximum absolute atomic E-state index is 12.4. The summed E-state index contributed by atoms with van der Waals surface area (Å²) in [4.78, 5) is 14.5. The lowest BCUT2D eigenvalue weighted by Gasteiger charge is -2.36. The van der Waals surface area contributed by atoms with Gasteiger partial charge >= 0.3 is 0 Å². The van der Waals surface area contributed by atoms with Gasteiger partial charge in [-0.3, -0.25) is 14.4 Å². The Balaban J connectivity index is 1.20. The van der Waals surface area contributed by atoms with Gasteiger partial charge < -0.3 is 19.9 Å². The molecule has 3 fully saturated rings. The third-order valence-corrected chi connectivity index (χ3v) is 6.62. The fraction of sp³-hybridized carbons (Fsp3) is 0.857. The summed E-state index contributed by atoms with van der Waals surface area (Å²) in [5.74, 6) is 0.565. The number of aryl methyl sites for hydroxylation is 1. The Labute approximate surface area is 178 Å². The Hall–Kier alpha value is -1.55. The van der Waals surface area contributed by atoms with Crippen LogP contribution < -0.4 is 5.32 Å². The van der Waals surface area contributed by atoms with Gasteiger partial charge in [-0.2, -0.15) is 0 Å². The van der Waals surface area contributed by atoms with E-state index in [1.54, 1.807) is 0 Å². The summed E-state index contributed by atoms with van der Waals surface area (Å²) in [5.41, 5.74) is 1.12. The Morgan fingerprint density at radius 2 is 2.00 bits per heavy atom. The van der Waals surface area contributed by atoms with Crippen LogP contribution in [0.3, 0.4) is 0 Å². The second-order valence-corrected chi connectivity index (χ2v) is 8.80. The monoisotopic (exact) mass is 421 g/mol. The molecular weight excluding hydrogens is 386 g/mol. The number of nitrogens with one attached hydrogen (secondary N) is 1. The van der Waals surface area contributed by atoms with Crippen LogP contribution in [0, 0.1) is 0 Å². The molecule has 3 atom stereocenters. The minimum Gasteiger partial charge on any atom is -0.394 e. The van der Waals surface area contributed by atoms with Crippen molar-refractivity contribution in [1.29, 1.82) is 0 Å². The zero-order valence-electron chi connectivity index (χ0n) is 17.7. The molecule has 2 saturated heterocycles. The number of ether oxygens (including phenoxy) is 2. The average Bonchev–Trinajstić information content (AvgIpc) is 3.45. The van der Waals surface area contributed by atoms with Crippen LogP contribution in [-0.4, -0.2) is 88.6 Å². The van der Waals surface area contributed by atoms with Crippen LogP contribution >= 0.6 is 0 Å². The standard InChI is InChI=1S/C21H35N5O4/c27-15-20-18(22-21(28)14-25-9-11-29-12-10-25)6-5-17(30-20)7-8-26-13-19(23-24-26)16-3-1-2-4-16/h13,16-18,20,27H,1-12,14-15H2,(H,22,28)/t17-,18-,20+/m0/s1. The van der Waals surface area contributed by atoms with Gasteiger partial charge in [-0.25, -0.2) is 0 Å². The topological polar surface area (TPSA) is 102 Å². The lowest BCUT2D eigenvalue weighted by atomic mass is 9.97. The lowest BCUT2D eigenvalue weighted by molar-refractivity contribution is -0.130. The molecule has 4 rings (SSSR count). The molecule has 2 aliphatic heterocycles. The first kappa shape index (κ1) is 21.7. The maximum Gasteiger partial charge on any atom is 0.234 e. The summed E-state index contributed by atoms with van der Waals surface area (Å²) in [6.45, 7) is 3.96. The highest BCUT2D eigenvalue weighted by Crippen LogP contribution is 2.32. The Morgan fingerprint density at radius 3 is 2.77 bits per heavy atom. The summed E-state index contributed by atoms with van der Waals surface area (Å²) in [5, 5.41) is 21.5. The van der Waals surface area contributed by atoms with Crippen LogP contribution in [0.2, 0.25) is 0 Å². The van der Waals surface area contributed by atoms with Crippen molar-refractivity contribution in [1.82, 2.24) is 25.2 Å². The molecule has 3 heterocycles. The minimum absolute atomic E-state index is 0.00976.